The molecule has 1 aliphatic carbocycles. The second-order valence-electron chi connectivity index (χ2n) is 9.55. The highest BCUT2D eigenvalue weighted by atomic mass is 16.6. The van der Waals surface area contributed by atoms with Crippen LogP contribution >= 0.6 is 0 Å². The molecule has 1 N–H and O–H groups in total. The van der Waals surface area contributed by atoms with E-state index in [1.165, 1.54) is 6.20 Å². The van der Waals surface area contributed by atoms with Gasteiger partial charge < -0.3 is 19.6 Å². The summed E-state index contributed by atoms with van der Waals surface area (Å²) in [6, 6.07) is 3.58. The standard InChI is InChI=1S/C23H30N4O4/c1-5-27(21(30)31-22(2,3)4)17-8-13-26(14-23(17)9-10-23)16-7-6-15(20(28)29)18-19(16)25-12-11-24-18/h6-7,11-12,17H,5,8-10,13-14H2,1-4H3,(H,28,29). The lowest BCUT2D eigenvalue weighted by Crippen LogP contribution is -2.55. The van der Waals surface area contributed by atoms with Gasteiger partial charge in [-0.1, -0.05) is 0 Å². The van der Waals surface area contributed by atoms with Crippen molar-refractivity contribution in [1.29, 1.82) is 0 Å². The fourth-order valence-corrected chi connectivity index (χ4v) is 4.76. The molecule has 1 aliphatic heterocycles. The van der Waals surface area contributed by atoms with Crippen molar-refractivity contribution in [3.05, 3.63) is 30.1 Å². The van der Waals surface area contributed by atoms with Crippen molar-refractivity contribution in [2.45, 2.75) is 58.6 Å². The summed E-state index contributed by atoms with van der Waals surface area (Å²) >= 11 is 0. The molecule has 1 aromatic carbocycles. The van der Waals surface area contributed by atoms with Gasteiger partial charge in [0.2, 0.25) is 0 Å². The minimum Gasteiger partial charge on any atom is -0.478 e. The van der Waals surface area contributed by atoms with Crippen molar-refractivity contribution in [2.75, 3.05) is 24.5 Å². The molecule has 1 saturated carbocycles. The average Bonchev–Trinajstić information content (AvgIpc) is 3.47. The normalized spacial score (nSPS) is 20.0. The number of hydrogen-bond acceptors (Lipinski definition) is 6. The number of fused-ring (bicyclic) bond motifs is 1. The Morgan fingerprint density at radius 2 is 1.90 bits per heavy atom. The number of carbonyl (C=O) groups is 2. The molecule has 1 spiro atoms. The second kappa shape index (κ2) is 7.66. The van der Waals surface area contributed by atoms with Crippen LogP contribution in [0.2, 0.25) is 0 Å². The SMILES string of the molecule is CCN(C(=O)OC(C)(C)C)C1CCN(c2ccc(C(=O)O)c3nccnc23)CC12CC2. The van der Waals surface area contributed by atoms with Gasteiger partial charge in [-0.15, -0.1) is 0 Å². The molecule has 8 heteroatoms. The molecular formula is C23H30N4O4. The van der Waals surface area contributed by atoms with Crippen molar-refractivity contribution in [1.82, 2.24) is 14.9 Å². The Labute approximate surface area is 182 Å². The van der Waals surface area contributed by atoms with E-state index in [1.54, 1.807) is 12.3 Å². The van der Waals surface area contributed by atoms with Crippen LogP contribution in [0.3, 0.4) is 0 Å². The van der Waals surface area contributed by atoms with Crippen LogP contribution in [0.15, 0.2) is 24.5 Å². The van der Waals surface area contributed by atoms with Crippen LogP contribution in [0.1, 0.15) is 57.3 Å². The zero-order valence-corrected chi connectivity index (χ0v) is 18.6. The molecule has 2 heterocycles. The van der Waals surface area contributed by atoms with Crippen LogP contribution in [0.25, 0.3) is 11.0 Å². The van der Waals surface area contributed by atoms with Crippen molar-refractivity contribution in [2.24, 2.45) is 5.41 Å². The molecule has 2 fully saturated rings. The summed E-state index contributed by atoms with van der Waals surface area (Å²) in [4.78, 5) is 37.3. The van der Waals surface area contributed by atoms with Crippen LogP contribution < -0.4 is 4.90 Å². The Hall–Kier alpha value is -2.90. The first-order chi connectivity index (χ1) is 14.6. The Morgan fingerprint density at radius 3 is 2.48 bits per heavy atom. The maximum Gasteiger partial charge on any atom is 0.410 e. The molecule has 1 atom stereocenters. The Kier molecular flexibility index (Phi) is 5.27. The lowest BCUT2D eigenvalue weighted by molar-refractivity contribution is 0.00562. The predicted molar refractivity (Wildman–Crippen MR) is 117 cm³/mol. The number of hydrogen-bond donors (Lipinski definition) is 1. The number of carboxylic acids is 1. The first-order valence-corrected chi connectivity index (χ1v) is 10.9. The number of carboxylic acid groups (broad SMARTS) is 1. The monoisotopic (exact) mass is 426 g/mol. The molecule has 0 bridgehead atoms. The van der Waals surface area contributed by atoms with E-state index in [-0.39, 0.29) is 23.1 Å². The summed E-state index contributed by atoms with van der Waals surface area (Å²) in [6.07, 6.45) is 5.82. The Balaban J connectivity index is 1.61. The number of aromatic carboxylic acids is 1. The minimum atomic E-state index is -1.01. The fraction of sp³-hybridized carbons (Fsp3) is 0.565. The number of rotatable bonds is 4. The van der Waals surface area contributed by atoms with Crippen LogP contribution in [0, 0.1) is 5.41 Å². The van der Waals surface area contributed by atoms with Gasteiger partial charge in [0.1, 0.15) is 16.6 Å². The van der Waals surface area contributed by atoms with E-state index in [0.29, 0.717) is 17.6 Å². The molecule has 2 aliphatic rings. The van der Waals surface area contributed by atoms with Crippen LogP contribution in [0.4, 0.5) is 10.5 Å². The quantitative estimate of drug-likeness (QED) is 0.791. The summed E-state index contributed by atoms with van der Waals surface area (Å²) in [5, 5.41) is 9.50. The van der Waals surface area contributed by atoms with Gasteiger partial charge in [0, 0.05) is 43.5 Å². The first kappa shape index (κ1) is 21.3. The average molecular weight is 427 g/mol. The van der Waals surface area contributed by atoms with Crippen LogP contribution in [-0.4, -0.2) is 63.3 Å². The summed E-state index contributed by atoms with van der Waals surface area (Å²) in [5.74, 6) is -1.01. The molecule has 4 rings (SSSR count). The second-order valence-corrected chi connectivity index (χ2v) is 9.55. The minimum absolute atomic E-state index is 0.0329. The van der Waals surface area contributed by atoms with E-state index in [2.05, 4.69) is 14.9 Å². The molecule has 31 heavy (non-hydrogen) atoms. The number of aromatic nitrogens is 2. The molecule has 1 saturated heterocycles. The van der Waals surface area contributed by atoms with E-state index in [1.807, 2.05) is 38.7 Å². The lowest BCUT2D eigenvalue weighted by atomic mass is 9.87. The van der Waals surface area contributed by atoms with Gasteiger partial charge in [0.05, 0.1) is 11.3 Å². The largest absolute Gasteiger partial charge is 0.478 e. The van der Waals surface area contributed by atoms with Gasteiger partial charge in [-0.2, -0.15) is 0 Å². The van der Waals surface area contributed by atoms with Gasteiger partial charge in [-0.05, 0) is 59.1 Å². The highest BCUT2D eigenvalue weighted by molar-refractivity contribution is 6.04. The number of piperidine rings is 1. The summed E-state index contributed by atoms with van der Waals surface area (Å²) in [7, 11) is 0. The maximum atomic E-state index is 12.8. The van der Waals surface area contributed by atoms with Crippen molar-refractivity contribution in [3.63, 3.8) is 0 Å². The van der Waals surface area contributed by atoms with E-state index >= 15 is 0 Å². The molecule has 166 valence electrons. The number of carbonyl (C=O) groups excluding carboxylic acids is 1. The van der Waals surface area contributed by atoms with Crippen molar-refractivity contribution >= 4 is 28.8 Å². The zero-order chi connectivity index (χ0) is 22.4. The Morgan fingerprint density at radius 1 is 1.23 bits per heavy atom. The van der Waals surface area contributed by atoms with Crippen LogP contribution in [-0.2, 0) is 4.74 Å². The molecule has 1 unspecified atom stereocenters. The highest BCUT2D eigenvalue weighted by Crippen LogP contribution is 2.55. The molecule has 2 aromatic rings. The third-order valence-electron chi connectivity index (χ3n) is 6.30. The molecule has 1 amide bonds. The van der Waals surface area contributed by atoms with Crippen molar-refractivity contribution < 1.29 is 19.4 Å². The summed E-state index contributed by atoms with van der Waals surface area (Å²) < 4.78 is 5.67. The van der Waals surface area contributed by atoms with Gasteiger partial charge in [-0.25, -0.2) is 9.59 Å². The number of amides is 1. The summed E-state index contributed by atoms with van der Waals surface area (Å²) in [5.41, 5.74) is 1.58. The lowest BCUT2D eigenvalue weighted by Gasteiger charge is -2.45. The van der Waals surface area contributed by atoms with Gasteiger partial charge in [0.15, 0.2) is 0 Å². The number of anilines is 1. The number of ether oxygens (including phenoxy) is 1. The number of nitrogens with zero attached hydrogens (tertiary/aromatic N) is 4. The smallest absolute Gasteiger partial charge is 0.410 e. The highest BCUT2D eigenvalue weighted by Gasteiger charge is 2.55. The summed E-state index contributed by atoms with van der Waals surface area (Å²) in [6.45, 7) is 9.84. The van der Waals surface area contributed by atoms with Gasteiger partial charge >= 0.3 is 12.1 Å². The van der Waals surface area contributed by atoms with Crippen LogP contribution in [0.5, 0.6) is 0 Å². The molecular weight excluding hydrogens is 396 g/mol. The molecule has 8 nitrogen and oxygen atoms in total. The maximum absolute atomic E-state index is 12.8. The number of benzene rings is 1. The van der Waals surface area contributed by atoms with Crippen molar-refractivity contribution in [3.8, 4) is 0 Å². The third-order valence-corrected chi connectivity index (χ3v) is 6.30. The van der Waals surface area contributed by atoms with E-state index in [9.17, 15) is 14.7 Å². The van der Waals surface area contributed by atoms with E-state index < -0.39 is 11.6 Å². The van der Waals surface area contributed by atoms with E-state index in [0.717, 1.165) is 38.0 Å². The predicted octanol–water partition coefficient (Wildman–Crippen LogP) is 3.94. The van der Waals surface area contributed by atoms with Gasteiger partial charge in [0.25, 0.3) is 0 Å². The topological polar surface area (TPSA) is 95.9 Å². The zero-order valence-electron chi connectivity index (χ0n) is 18.6. The first-order valence-electron chi connectivity index (χ1n) is 10.9. The third kappa shape index (κ3) is 4.03. The Bertz CT molecular complexity index is 1010. The van der Waals surface area contributed by atoms with E-state index in [4.69, 9.17) is 4.74 Å². The fourth-order valence-electron chi connectivity index (χ4n) is 4.76. The molecule has 0 radical (unpaired) electrons. The molecule has 1 aromatic heterocycles. The van der Waals surface area contributed by atoms with Gasteiger partial charge in [-0.3, -0.25) is 9.97 Å².